The van der Waals surface area contributed by atoms with Gasteiger partial charge in [-0.25, -0.2) is 0 Å². The summed E-state index contributed by atoms with van der Waals surface area (Å²) >= 11 is 0. The summed E-state index contributed by atoms with van der Waals surface area (Å²) in [5, 5.41) is 0. The summed E-state index contributed by atoms with van der Waals surface area (Å²) in [5.41, 5.74) is 6.65. The fourth-order valence-corrected chi connectivity index (χ4v) is 2.61. The molecule has 6 nitrogen and oxygen atoms in total. The minimum absolute atomic E-state index is 0.177. The summed E-state index contributed by atoms with van der Waals surface area (Å²) < 4.78 is 11.2. The average Bonchev–Trinajstić information content (AvgIpc) is 3.20. The number of hydrazine groups is 1. The Morgan fingerprint density at radius 2 is 1.61 bits per heavy atom. The van der Waals surface area contributed by atoms with Crippen molar-refractivity contribution in [2.24, 2.45) is 0 Å². The highest BCUT2D eigenvalue weighted by Gasteiger charge is 2.09. The standard InChI is InChI=1S/C22H22N2O4/c1-16-7-5-6-10-19(16)27-15-22(26)24-23-21(25)14-12-18-11-13-20(28-18)17-8-3-2-4-9-17/h2-11,13H,12,14-15H2,1H3,(H,23,25)(H,24,26). The Bertz CT molecular complexity index is 934. The minimum atomic E-state index is -0.430. The molecule has 0 saturated carbocycles. The lowest BCUT2D eigenvalue weighted by molar-refractivity contribution is -0.130. The van der Waals surface area contributed by atoms with E-state index in [2.05, 4.69) is 10.9 Å². The zero-order chi connectivity index (χ0) is 19.8. The Kier molecular flexibility index (Phi) is 6.46. The highest BCUT2D eigenvalue weighted by atomic mass is 16.5. The molecule has 0 bridgehead atoms. The van der Waals surface area contributed by atoms with E-state index in [1.54, 1.807) is 6.07 Å². The smallest absolute Gasteiger partial charge is 0.276 e. The Balaban J connectivity index is 1.38. The molecule has 0 unspecified atom stereocenters. The SMILES string of the molecule is Cc1ccccc1OCC(=O)NNC(=O)CCc1ccc(-c2ccccc2)o1. The fourth-order valence-electron chi connectivity index (χ4n) is 2.61. The number of ether oxygens (including phenoxy) is 1. The zero-order valence-electron chi connectivity index (χ0n) is 15.6. The monoisotopic (exact) mass is 378 g/mol. The van der Waals surface area contributed by atoms with E-state index in [9.17, 15) is 9.59 Å². The van der Waals surface area contributed by atoms with Gasteiger partial charge in [0.2, 0.25) is 5.91 Å². The average molecular weight is 378 g/mol. The molecule has 0 atom stereocenters. The number of benzene rings is 2. The molecule has 0 aliphatic rings. The van der Waals surface area contributed by atoms with Crippen molar-refractivity contribution in [1.82, 2.24) is 10.9 Å². The predicted octanol–water partition coefficient (Wildman–Crippen LogP) is 3.41. The van der Waals surface area contributed by atoms with Gasteiger partial charge >= 0.3 is 0 Å². The summed E-state index contributed by atoms with van der Waals surface area (Å²) in [7, 11) is 0. The summed E-state index contributed by atoms with van der Waals surface area (Å²) in [6.07, 6.45) is 0.634. The van der Waals surface area contributed by atoms with Crippen molar-refractivity contribution in [2.75, 3.05) is 6.61 Å². The number of hydrogen-bond acceptors (Lipinski definition) is 4. The Morgan fingerprint density at radius 3 is 2.39 bits per heavy atom. The van der Waals surface area contributed by atoms with Gasteiger partial charge in [0.15, 0.2) is 6.61 Å². The van der Waals surface area contributed by atoms with Crippen LogP contribution in [-0.4, -0.2) is 18.4 Å². The molecule has 28 heavy (non-hydrogen) atoms. The van der Waals surface area contributed by atoms with Gasteiger partial charge in [-0.15, -0.1) is 0 Å². The van der Waals surface area contributed by atoms with Crippen molar-refractivity contribution in [2.45, 2.75) is 19.8 Å². The van der Waals surface area contributed by atoms with E-state index in [-0.39, 0.29) is 18.9 Å². The van der Waals surface area contributed by atoms with Crippen molar-refractivity contribution in [3.05, 3.63) is 78.1 Å². The lowest BCUT2D eigenvalue weighted by atomic mass is 10.2. The van der Waals surface area contributed by atoms with E-state index in [0.717, 1.165) is 16.9 Å². The number of rotatable bonds is 7. The largest absolute Gasteiger partial charge is 0.483 e. The molecule has 3 aromatic rings. The summed E-state index contributed by atoms with van der Waals surface area (Å²) in [6, 6.07) is 20.9. The topological polar surface area (TPSA) is 80.6 Å². The predicted molar refractivity (Wildman–Crippen MR) is 105 cm³/mol. The van der Waals surface area contributed by atoms with Gasteiger partial charge in [0.25, 0.3) is 5.91 Å². The van der Waals surface area contributed by atoms with Crippen LogP contribution < -0.4 is 15.6 Å². The van der Waals surface area contributed by atoms with Crippen molar-refractivity contribution in [1.29, 1.82) is 0 Å². The highest BCUT2D eigenvalue weighted by Crippen LogP contribution is 2.22. The van der Waals surface area contributed by atoms with Crippen LogP contribution in [0.1, 0.15) is 17.7 Å². The maximum Gasteiger partial charge on any atom is 0.276 e. The number of nitrogens with one attached hydrogen (secondary N) is 2. The third-order valence-corrected chi connectivity index (χ3v) is 4.11. The summed E-state index contributed by atoms with van der Waals surface area (Å²) in [4.78, 5) is 23.7. The van der Waals surface area contributed by atoms with E-state index in [4.69, 9.17) is 9.15 Å². The number of carbonyl (C=O) groups excluding carboxylic acids is 2. The molecule has 0 aliphatic heterocycles. The number of furan rings is 1. The van der Waals surface area contributed by atoms with Crippen LogP contribution in [0.2, 0.25) is 0 Å². The third-order valence-electron chi connectivity index (χ3n) is 4.11. The van der Waals surface area contributed by atoms with Gasteiger partial charge in [0.1, 0.15) is 17.3 Å². The molecule has 1 aromatic heterocycles. The van der Waals surface area contributed by atoms with Crippen LogP contribution in [0, 0.1) is 6.92 Å². The maximum atomic E-state index is 11.9. The molecule has 0 radical (unpaired) electrons. The van der Waals surface area contributed by atoms with Crippen molar-refractivity contribution < 1.29 is 18.7 Å². The lowest BCUT2D eigenvalue weighted by Crippen LogP contribution is -2.43. The first-order valence-electron chi connectivity index (χ1n) is 9.02. The van der Waals surface area contributed by atoms with Crippen LogP contribution in [0.3, 0.4) is 0 Å². The number of aryl methyl sites for hydroxylation is 2. The highest BCUT2D eigenvalue weighted by molar-refractivity contribution is 5.82. The van der Waals surface area contributed by atoms with Gasteiger partial charge in [-0.05, 0) is 30.7 Å². The molecule has 2 amide bonds. The van der Waals surface area contributed by atoms with Crippen LogP contribution in [0.5, 0.6) is 5.75 Å². The van der Waals surface area contributed by atoms with Crippen molar-refractivity contribution >= 4 is 11.8 Å². The van der Waals surface area contributed by atoms with Crippen LogP contribution in [0.4, 0.5) is 0 Å². The summed E-state index contributed by atoms with van der Waals surface area (Å²) in [5.74, 6) is 1.37. The van der Waals surface area contributed by atoms with Crippen LogP contribution in [0.15, 0.2) is 71.1 Å². The molecular weight excluding hydrogens is 356 g/mol. The van der Waals surface area contributed by atoms with Crippen LogP contribution in [-0.2, 0) is 16.0 Å². The molecule has 2 aromatic carbocycles. The first-order valence-corrected chi connectivity index (χ1v) is 9.02. The summed E-state index contributed by atoms with van der Waals surface area (Å²) in [6.45, 7) is 1.72. The molecule has 0 spiro atoms. The van der Waals surface area contributed by atoms with Gasteiger partial charge in [-0.2, -0.15) is 0 Å². The zero-order valence-corrected chi connectivity index (χ0v) is 15.6. The van der Waals surface area contributed by atoms with Gasteiger partial charge in [-0.3, -0.25) is 20.4 Å². The molecule has 2 N–H and O–H groups in total. The second-order valence-corrected chi connectivity index (χ2v) is 6.28. The van der Waals surface area contributed by atoms with Crippen LogP contribution >= 0.6 is 0 Å². The fraction of sp³-hybridized carbons (Fsp3) is 0.182. The number of hydrogen-bond donors (Lipinski definition) is 2. The van der Waals surface area contributed by atoms with E-state index < -0.39 is 5.91 Å². The second kappa shape index (κ2) is 9.41. The van der Waals surface area contributed by atoms with Gasteiger partial charge in [0.05, 0.1) is 0 Å². The normalized spacial score (nSPS) is 10.3. The number of para-hydroxylation sites is 1. The third kappa shape index (κ3) is 5.48. The van der Waals surface area contributed by atoms with Gasteiger partial charge in [-0.1, -0.05) is 48.5 Å². The molecule has 0 aliphatic carbocycles. The molecule has 6 heteroatoms. The van der Waals surface area contributed by atoms with Gasteiger partial charge < -0.3 is 9.15 Å². The molecule has 144 valence electrons. The second-order valence-electron chi connectivity index (χ2n) is 6.28. The molecule has 3 rings (SSSR count). The maximum absolute atomic E-state index is 11.9. The lowest BCUT2D eigenvalue weighted by Gasteiger charge is -2.10. The van der Waals surface area contributed by atoms with E-state index in [0.29, 0.717) is 17.9 Å². The van der Waals surface area contributed by atoms with E-state index >= 15 is 0 Å². The Labute approximate surface area is 163 Å². The van der Waals surface area contributed by atoms with Crippen LogP contribution in [0.25, 0.3) is 11.3 Å². The molecule has 0 fully saturated rings. The molecular formula is C22H22N2O4. The quantitative estimate of drug-likeness (QED) is 0.618. The Morgan fingerprint density at radius 1 is 0.893 bits per heavy atom. The minimum Gasteiger partial charge on any atom is -0.483 e. The number of carbonyl (C=O) groups is 2. The van der Waals surface area contributed by atoms with Crippen molar-refractivity contribution in [3.8, 4) is 17.1 Å². The molecule has 0 saturated heterocycles. The van der Waals surface area contributed by atoms with E-state index in [1.807, 2.05) is 67.6 Å². The first-order chi connectivity index (χ1) is 13.6. The molecule has 1 heterocycles. The first kappa shape index (κ1) is 19.2. The number of amides is 2. The Hall–Kier alpha value is -3.54. The van der Waals surface area contributed by atoms with E-state index in [1.165, 1.54) is 0 Å². The van der Waals surface area contributed by atoms with Crippen molar-refractivity contribution in [3.63, 3.8) is 0 Å². The van der Waals surface area contributed by atoms with Gasteiger partial charge in [0, 0.05) is 18.4 Å².